The summed E-state index contributed by atoms with van der Waals surface area (Å²) in [5.74, 6) is -1.10. The van der Waals surface area contributed by atoms with Crippen LogP contribution in [-0.4, -0.2) is 41.3 Å². The van der Waals surface area contributed by atoms with E-state index in [1.807, 2.05) is 18.2 Å². The number of para-hydroxylation sites is 1. The van der Waals surface area contributed by atoms with Crippen molar-refractivity contribution in [3.8, 4) is 6.07 Å². The van der Waals surface area contributed by atoms with E-state index in [9.17, 15) is 14.4 Å². The number of rotatable bonds is 5. The molecule has 0 aliphatic carbocycles. The quantitative estimate of drug-likeness (QED) is 0.596. The summed E-state index contributed by atoms with van der Waals surface area (Å²) in [6.07, 6.45) is 1.18. The third kappa shape index (κ3) is 5.57. The molecule has 8 nitrogen and oxygen atoms in total. The number of esters is 1. The topological polar surface area (TPSA) is 110 Å². The zero-order valence-electron chi connectivity index (χ0n) is 18.9. The van der Waals surface area contributed by atoms with E-state index in [1.165, 1.54) is 35.9 Å². The van der Waals surface area contributed by atoms with Gasteiger partial charge in [-0.3, -0.25) is 9.36 Å². The van der Waals surface area contributed by atoms with Crippen molar-refractivity contribution < 1.29 is 23.9 Å². The maximum Gasteiger partial charge on any atom is 0.419 e. The molecule has 1 atom stereocenters. The lowest BCUT2D eigenvalue weighted by Gasteiger charge is -2.19. The van der Waals surface area contributed by atoms with E-state index in [1.54, 1.807) is 39.1 Å². The minimum absolute atomic E-state index is 0.102. The van der Waals surface area contributed by atoms with Crippen LogP contribution in [0.2, 0.25) is 0 Å². The first-order valence-corrected chi connectivity index (χ1v) is 10.3. The predicted molar refractivity (Wildman–Crippen MR) is 122 cm³/mol. The van der Waals surface area contributed by atoms with Crippen molar-refractivity contribution >= 4 is 28.9 Å². The van der Waals surface area contributed by atoms with Gasteiger partial charge in [-0.1, -0.05) is 18.2 Å². The zero-order valence-corrected chi connectivity index (χ0v) is 18.9. The molecule has 2 aromatic carbocycles. The maximum atomic E-state index is 12.7. The van der Waals surface area contributed by atoms with Gasteiger partial charge in [-0.05, 0) is 56.7 Å². The summed E-state index contributed by atoms with van der Waals surface area (Å²) in [7, 11) is 1.24. The third-order valence-electron chi connectivity index (χ3n) is 4.88. The summed E-state index contributed by atoms with van der Waals surface area (Å²) in [5, 5.41) is 12.4. The van der Waals surface area contributed by atoms with Crippen LogP contribution in [0.25, 0.3) is 10.9 Å². The van der Waals surface area contributed by atoms with E-state index in [4.69, 9.17) is 14.7 Å². The number of nitriles is 1. The van der Waals surface area contributed by atoms with Gasteiger partial charge in [0.05, 0.1) is 24.3 Å². The fourth-order valence-corrected chi connectivity index (χ4v) is 3.37. The first-order chi connectivity index (χ1) is 15.6. The summed E-state index contributed by atoms with van der Waals surface area (Å²) in [6, 6.07) is 14.3. The van der Waals surface area contributed by atoms with Crippen LogP contribution in [0.15, 0.2) is 54.7 Å². The van der Waals surface area contributed by atoms with Crippen LogP contribution in [0.5, 0.6) is 0 Å². The number of ether oxygens (including phenoxy) is 2. The molecule has 0 aliphatic heterocycles. The molecule has 0 bridgehead atoms. The average molecular weight is 447 g/mol. The Morgan fingerprint density at radius 1 is 1.09 bits per heavy atom. The average Bonchev–Trinajstić information content (AvgIpc) is 3.15. The lowest BCUT2D eigenvalue weighted by Crippen LogP contribution is -2.43. The van der Waals surface area contributed by atoms with Crippen LogP contribution in [0.1, 0.15) is 42.3 Å². The number of hydrogen-bond donors (Lipinski definition) is 1. The molecule has 3 aromatic rings. The number of carbonyl (C=O) groups is 3. The van der Waals surface area contributed by atoms with Crippen LogP contribution >= 0.6 is 0 Å². The molecule has 0 radical (unpaired) electrons. The molecule has 170 valence electrons. The first kappa shape index (κ1) is 23.5. The summed E-state index contributed by atoms with van der Waals surface area (Å²) in [4.78, 5) is 37.9. The van der Waals surface area contributed by atoms with Gasteiger partial charge in [0, 0.05) is 23.6 Å². The standard InChI is InChI=1S/C25H25N3O5/c1-25(2,3)33-24(31)28-15-18(19-7-5-6-8-21(19)28)13-20(23(30)32-4)27-22(29)17-11-9-16(14-26)10-12-17/h5-12,15,20H,13H2,1-4H3,(H,27,29)/t20-/m0/s1. The molecule has 33 heavy (non-hydrogen) atoms. The normalized spacial score (nSPS) is 12.0. The number of fused-ring (bicyclic) bond motifs is 1. The molecule has 1 aromatic heterocycles. The number of nitrogens with zero attached hydrogens (tertiary/aromatic N) is 2. The van der Waals surface area contributed by atoms with Gasteiger partial charge in [0.25, 0.3) is 5.91 Å². The van der Waals surface area contributed by atoms with E-state index < -0.39 is 29.6 Å². The summed E-state index contributed by atoms with van der Waals surface area (Å²) in [5.41, 5.74) is 1.35. The Kier molecular flexibility index (Phi) is 6.83. The van der Waals surface area contributed by atoms with Gasteiger partial charge < -0.3 is 14.8 Å². The van der Waals surface area contributed by atoms with Crippen LogP contribution in [0.3, 0.4) is 0 Å². The summed E-state index contributed by atoms with van der Waals surface area (Å²) >= 11 is 0. The van der Waals surface area contributed by atoms with Crippen molar-refractivity contribution in [2.24, 2.45) is 0 Å². The highest BCUT2D eigenvalue weighted by Gasteiger charge is 2.26. The van der Waals surface area contributed by atoms with Gasteiger partial charge in [-0.15, -0.1) is 0 Å². The van der Waals surface area contributed by atoms with Crippen LogP contribution < -0.4 is 5.32 Å². The third-order valence-corrected chi connectivity index (χ3v) is 4.88. The molecule has 1 N–H and O–H groups in total. The molecule has 0 saturated carbocycles. The molecule has 1 amide bonds. The Morgan fingerprint density at radius 2 is 1.76 bits per heavy atom. The Morgan fingerprint density at radius 3 is 2.36 bits per heavy atom. The Balaban J connectivity index is 1.91. The minimum Gasteiger partial charge on any atom is -0.467 e. The largest absolute Gasteiger partial charge is 0.467 e. The lowest BCUT2D eigenvalue weighted by molar-refractivity contribution is -0.142. The lowest BCUT2D eigenvalue weighted by atomic mass is 10.0. The van der Waals surface area contributed by atoms with Gasteiger partial charge in [0.15, 0.2) is 0 Å². The molecule has 1 heterocycles. The molecular weight excluding hydrogens is 422 g/mol. The number of amides is 1. The fraction of sp³-hybridized carbons (Fsp3) is 0.280. The number of benzene rings is 2. The van der Waals surface area contributed by atoms with E-state index in [0.29, 0.717) is 22.2 Å². The number of nitrogens with one attached hydrogen (secondary N) is 1. The monoisotopic (exact) mass is 447 g/mol. The molecule has 3 rings (SSSR count). The number of methoxy groups -OCH3 is 1. The van der Waals surface area contributed by atoms with Crippen molar-refractivity contribution in [3.63, 3.8) is 0 Å². The van der Waals surface area contributed by atoms with Gasteiger partial charge in [0.1, 0.15) is 11.6 Å². The van der Waals surface area contributed by atoms with Gasteiger partial charge in [-0.25, -0.2) is 9.59 Å². The second-order valence-electron chi connectivity index (χ2n) is 8.46. The zero-order chi connectivity index (χ0) is 24.2. The van der Waals surface area contributed by atoms with Crippen molar-refractivity contribution in [1.82, 2.24) is 9.88 Å². The first-order valence-electron chi connectivity index (χ1n) is 10.3. The van der Waals surface area contributed by atoms with E-state index >= 15 is 0 Å². The van der Waals surface area contributed by atoms with Crippen LogP contribution in [0, 0.1) is 11.3 Å². The van der Waals surface area contributed by atoms with E-state index in [-0.39, 0.29) is 6.42 Å². The number of hydrogen-bond acceptors (Lipinski definition) is 6. The number of carbonyl (C=O) groups excluding carboxylic acids is 3. The summed E-state index contributed by atoms with van der Waals surface area (Å²) < 4.78 is 11.8. The van der Waals surface area contributed by atoms with Crippen molar-refractivity contribution in [1.29, 1.82) is 5.26 Å². The van der Waals surface area contributed by atoms with Crippen molar-refractivity contribution in [3.05, 3.63) is 71.4 Å². The van der Waals surface area contributed by atoms with Gasteiger partial charge in [-0.2, -0.15) is 5.26 Å². The molecule has 0 fully saturated rings. The van der Waals surface area contributed by atoms with Gasteiger partial charge >= 0.3 is 12.1 Å². The molecule has 8 heteroatoms. The summed E-state index contributed by atoms with van der Waals surface area (Å²) in [6.45, 7) is 5.34. The molecule has 0 spiro atoms. The number of aromatic nitrogens is 1. The maximum absolute atomic E-state index is 12.7. The van der Waals surface area contributed by atoms with E-state index in [0.717, 1.165) is 5.39 Å². The fourth-order valence-electron chi connectivity index (χ4n) is 3.37. The molecule has 0 saturated heterocycles. The Bertz CT molecular complexity index is 1230. The molecule has 0 aliphatic rings. The SMILES string of the molecule is COC(=O)[C@H](Cc1cn(C(=O)OC(C)(C)C)c2ccccc12)NC(=O)c1ccc(C#N)cc1. The van der Waals surface area contributed by atoms with Crippen LogP contribution in [0.4, 0.5) is 4.79 Å². The molecular formula is C25H25N3O5. The second-order valence-corrected chi connectivity index (χ2v) is 8.46. The van der Waals surface area contributed by atoms with Crippen LogP contribution in [-0.2, 0) is 20.7 Å². The Hall–Kier alpha value is -4.12. The molecule has 0 unspecified atom stereocenters. The van der Waals surface area contributed by atoms with Crippen molar-refractivity contribution in [2.45, 2.75) is 38.8 Å². The highest BCUT2D eigenvalue weighted by Crippen LogP contribution is 2.24. The highest BCUT2D eigenvalue weighted by molar-refractivity contribution is 5.97. The minimum atomic E-state index is -0.990. The Labute approximate surface area is 191 Å². The highest BCUT2D eigenvalue weighted by atomic mass is 16.6. The second kappa shape index (κ2) is 9.57. The smallest absolute Gasteiger partial charge is 0.419 e. The van der Waals surface area contributed by atoms with Crippen molar-refractivity contribution in [2.75, 3.05) is 7.11 Å². The van der Waals surface area contributed by atoms with E-state index in [2.05, 4.69) is 5.32 Å². The van der Waals surface area contributed by atoms with Gasteiger partial charge in [0.2, 0.25) is 0 Å². The predicted octanol–water partition coefficient (Wildman–Crippen LogP) is 3.81.